The van der Waals surface area contributed by atoms with Crippen molar-refractivity contribution in [3.63, 3.8) is 0 Å². The van der Waals surface area contributed by atoms with Crippen LogP contribution in [0.15, 0.2) is 30.6 Å². The van der Waals surface area contributed by atoms with E-state index >= 15 is 0 Å². The van der Waals surface area contributed by atoms with Crippen LogP contribution in [-0.4, -0.2) is 9.78 Å². The van der Waals surface area contributed by atoms with E-state index in [0.717, 1.165) is 0 Å². The average Bonchev–Trinajstić information content (AvgIpc) is 2.71. The summed E-state index contributed by atoms with van der Waals surface area (Å²) >= 11 is 5.81. The summed E-state index contributed by atoms with van der Waals surface area (Å²) in [4.78, 5) is 0. The van der Waals surface area contributed by atoms with E-state index in [4.69, 9.17) is 22.1 Å². The van der Waals surface area contributed by atoms with Crippen molar-refractivity contribution >= 4 is 17.3 Å². The first-order chi connectivity index (χ1) is 8.06. The minimum absolute atomic E-state index is 0.301. The minimum Gasteiger partial charge on any atom is -0.452 e. The Morgan fingerprint density at radius 1 is 1.41 bits per heavy atom. The Hall–Kier alpha value is -1.68. The monoisotopic (exact) mass is 251 g/mol. The lowest BCUT2D eigenvalue weighted by Crippen LogP contribution is -1.99. The fraction of sp³-hybridized carbons (Fsp3) is 0.250. The molecule has 0 bridgehead atoms. The predicted molar refractivity (Wildman–Crippen MR) is 68.6 cm³/mol. The Bertz CT molecular complexity index is 522. The molecule has 2 rings (SSSR count). The molecule has 1 aromatic carbocycles. The highest BCUT2D eigenvalue weighted by Gasteiger charge is 2.06. The zero-order chi connectivity index (χ0) is 12.4. The van der Waals surface area contributed by atoms with Crippen LogP contribution in [0.2, 0.25) is 5.02 Å². The molecule has 0 fully saturated rings. The number of nitrogen functional groups attached to an aromatic ring is 1. The van der Waals surface area contributed by atoms with Crippen LogP contribution < -0.4 is 10.5 Å². The van der Waals surface area contributed by atoms with Crippen LogP contribution in [0.5, 0.6) is 11.5 Å². The molecule has 17 heavy (non-hydrogen) atoms. The van der Waals surface area contributed by atoms with Crippen molar-refractivity contribution in [1.29, 1.82) is 0 Å². The standard InChI is InChI=1S/C12H14ClN3O/c1-8(2)16-7-10(6-15-16)17-12-4-3-9(13)5-11(12)14/h3-8H,14H2,1-2H3. The summed E-state index contributed by atoms with van der Waals surface area (Å²) in [6.45, 7) is 4.10. The minimum atomic E-state index is 0.301. The van der Waals surface area contributed by atoms with Crippen LogP contribution in [0, 0.1) is 0 Å². The Morgan fingerprint density at radius 2 is 2.18 bits per heavy atom. The van der Waals surface area contributed by atoms with Gasteiger partial charge < -0.3 is 10.5 Å². The van der Waals surface area contributed by atoms with Crippen LogP contribution in [0.1, 0.15) is 19.9 Å². The summed E-state index contributed by atoms with van der Waals surface area (Å²) in [5.41, 5.74) is 6.31. The number of hydrogen-bond donors (Lipinski definition) is 1. The molecule has 0 radical (unpaired) electrons. The number of nitrogens with two attached hydrogens (primary N) is 1. The van der Waals surface area contributed by atoms with Gasteiger partial charge in [0.2, 0.25) is 0 Å². The average molecular weight is 252 g/mol. The molecule has 2 N–H and O–H groups in total. The largest absolute Gasteiger partial charge is 0.452 e. The topological polar surface area (TPSA) is 53.1 Å². The van der Waals surface area contributed by atoms with E-state index in [9.17, 15) is 0 Å². The highest BCUT2D eigenvalue weighted by Crippen LogP contribution is 2.29. The highest BCUT2D eigenvalue weighted by molar-refractivity contribution is 6.30. The molecule has 90 valence electrons. The summed E-state index contributed by atoms with van der Waals surface area (Å²) in [7, 11) is 0. The molecule has 0 aliphatic rings. The summed E-state index contributed by atoms with van der Waals surface area (Å²) in [6.07, 6.45) is 3.49. The number of hydrogen-bond acceptors (Lipinski definition) is 3. The summed E-state index contributed by atoms with van der Waals surface area (Å²) in [6, 6.07) is 5.43. The second-order valence-corrected chi connectivity index (χ2v) is 4.47. The molecule has 2 aromatic rings. The molecule has 4 nitrogen and oxygen atoms in total. The Morgan fingerprint density at radius 3 is 2.76 bits per heavy atom. The molecule has 1 aromatic heterocycles. The third-order valence-corrected chi connectivity index (χ3v) is 2.54. The maximum absolute atomic E-state index is 5.81. The second kappa shape index (κ2) is 4.67. The van der Waals surface area contributed by atoms with Gasteiger partial charge in [0.1, 0.15) is 0 Å². The number of rotatable bonds is 3. The van der Waals surface area contributed by atoms with Crippen LogP contribution in [0.25, 0.3) is 0 Å². The van der Waals surface area contributed by atoms with E-state index in [0.29, 0.717) is 28.3 Å². The van der Waals surface area contributed by atoms with E-state index in [1.54, 1.807) is 24.4 Å². The normalized spacial score (nSPS) is 10.8. The lowest BCUT2D eigenvalue weighted by Gasteiger charge is -2.06. The van der Waals surface area contributed by atoms with Gasteiger partial charge in [0.25, 0.3) is 0 Å². The van der Waals surface area contributed by atoms with E-state index in [1.807, 2.05) is 24.7 Å². The van der Waals surface area contributed by atoms with Gasteiger partial charge in [0, 0.05) is 11.1 Å². The fourth-order valence-corrected chi connectivity index (χ4v) is 1.58. The number of halogens is 1. The van der Waals surface area contributed by atoms with Crippen LogP contribution >= 0.6 is 11.6 Å². The lowest BCUT2D eigenvalue weighted by atomic mass is 10.3. The van der Waals surface area contributed by atoms with Crippen LogP contribution in [0.4, 0.5) is 5.69 Å². The smallest absolute Gasteiger partial charge is 0.165 e. The molecule has 0 aliphatic heterocycles. The number of anilines is 1. The number of aromatic nitrogens is 2. The molecule has 0 aliphatic carbocycles. The number of nitrogens with zero attached hydrogens (tertiary/aromatic N) is 2. The lowest BCUT2D eigenvalue weighted by molar-refractivity contribution is 0.479. The van der Waals surface area contributed by atoms with Crippen molar-refractivity contribution in [3.05, 3.63) is 35.6 Å². The van der Waals surface area contributed by atoms with Crippen molar-refractivity contribution in [2.75, 3.05) is 5.73 Å². The Kier molecular flexibility index (Phi) is 3.24. The molecular formula is C12H14ClN3O. The molecule has 0 atom stereocenters. The van der Waals surface area contributed by atoms with Crippen LogP contribution in [0.3, 0.4) is 0 Å². The molecule has 1 heterocycles. The molecule has 0 spiro atoms. The third kappa shape index (κ3) is 2.71. The summed E-state index contributed by atoms with van der Waals surface area (Å²) < 4.78 is 7.45. The SMILES string of the molecule is CC(C)n1cc(Oc2ccc(Cl)cc2N)cn1. The molecule has 0 saturated carbocycles. The van der Waals surface area contributed by atoms with Crippen LogP contribution in [-0.2, 0) is 0 Å². The van der Waals surface area contributed by atoms with Crippen molar-refractivity contribution in [2.45, 2.75) is 19.9 Å². The summed E-state index contributed by atoms with van der Waals surface area (Å²) in [5, 5.41) is 4.77. The Labute approximate surface area is 105 Å². The van der Waals surface area contributed by atoms with Gasteiger partial charge in [-0.25, -0.2) is 0 Å². The molecule has 5 heteroatoms. The van der Waals surface area contributed by atoms with E-state index in [2.05, 4.69) is 5.10 Å². The first-order valence-corrected chi connectivity index (χ1v) is 5.71. The first kappa shape index (κ1) is 11.8. The van der Waals surface area contributed by atoms with Gasteiger partial charge in [-0.05, 0) is 32.0 Å². The molecular weight excluding hydrogens is 238 g/mol. The van der Waals surface area contributed by atoms with Crippen molar-refractivity contribution in [3.8, 4) is 11.5 Å². The van der Waals surface area contributed by atoms with Gasteiger partial charge in [-0.3, -0.25) is 4.68 Å². The van der Waals surface area contributed by atoms with E-state index < -0.39 is 0 Å². The summed E-state index contributed by atoms with van der Waals surface area (Å²) in [5.74, 6) is 1.24. The number of benzene rings is 1. The Balaban J connectivity index is 2.19. The zero-order valence-electron chi connectivity index (χ0n) is 9.72. The first-order valence-electron chi connectivity index (χ1n) is 5.33. The second-order valence-electron chi connectivity index (χ2n) is 4.03. The van der Waals surface area contributed by atoms with Gasteiger partial charge in [0.15, 0.2) is 11.5 Å². The molecule has 0 saturated heterocycles. The van der Waals surface area contributed by atoms with Gasteiger partial charge >= 0.3 is 0 Å². The fourth-order valence-electron chi connectivity index (χ4n) is 1.39. The van der Waals surface area contributed by atoms with Gasteiger partial charge in [-0.1, -0.05) is 11.6 Å². The maximum atomic E-state index is 5.81. The van der Waals surface area contributed by atoms with Crippen molar-refractivity contribution < 1.29 is 4.74 Å². The van der Waals surface area contributed by atoms with Gasteiger partial charge in [-0.2, -0.15) is 5.10 Å². The highest BCUT2D eigenvalue weighted by atomic mass is 35.5. The maximum Gasteiger partial charge on any atom is 0.165 e. The van der Waals surface area contributed by atoms with Crippen molar-refractivity contribution in [1.82, 2.24) is 9.78 Å². The third-order valence-electron chi connectivity index (χ3n) is 2.31. The van der Waals surface area contributed by atoms with E-state index in [1.165, 1.54) is 0 Å². The quantitative estimate of drug-likeness (QED) is 0.850. The molecule has 0 unspecified atom stereocenters. The zero-order valence-corrected chi connectivity index (χ0v) is 10.5. The van der Waals surface area contributed by atoms with E-state index in [-0.39, 0.29) is 0 Å². The number of ether oxygens (including phenoxy) is 1. The van der Waals surface area contributed by atoms with Gasteiger partial charge in [0.05, 0.1) is 18.1 Å². The van der Waals surface area contributed by atoms with Gasteiger partial charge in [-0.15, -0.1) is 0 Å². The molecule has 0 amide bonds. The predicted octanol–water partition coefficient (Wildman–Crippen LogP) is 3.49. The van der Waals surface area contributed by atoms with Crippen molar-refractivity contribution in [2.24, 2.45) is 0 Å².